The molecular formula is C8H13N3O2. The number of nitrogens with two attached hydrogens (primary N) is 1. The second-order valence-corrected chi connectivity index (χ2v) is 2.51. The molecule has 1 rings (SSSR count). The number of hydrogen-bond donors (Lipinski definition) is 1. The van der Waals surface area contributed by atoms with Crippen molar-refractivity contribution in [3.63, 3.8) is 0 Å². The molecule has 0 bridgehead atoms. The van der Waals surface area contributed by atoms with Crippen LogP contribution in [0.3, 0.4) is 0 Å². The number of nitrogen functional groups attached to an aromatic ring is 1. The van der Waals surface area contributed by atoms with Crippen molar-refractivity contribution in [2.45, 2.75) is 13.5 Å². The van der Waals surface area contributed by atoms with E-state index in [0.29, 0.717) is 19.8 Å². The topological polar surface area (TPSA) is 70.1 Å². The summed E-state index contributed by atoms with van der Waals surface area (Å²) >= 11 is 0. The summed E-state index contributed by atoms with van der Waals surface area (Å²) in [6, 6.07) is 1.49. The van der Waals surface area contributed by atoms with Crippen LogP contribution >= 0.6 is 0 Å². The summed E-state index contributed by atoms with van der Waals surface area (Å²) in [6.45, 7) is 3.46. The van der Waals surface area contributed by atoms with Crippen molar-refractivity contribution in [1.82, 2.24) is 9.78 Å². The van der Waals surface area contributed by atoms with Crippen LogP contribution in [0.2, 0.25) is 0 Å². The first-order chi connectivity index (χ1) is 6.25. The molecule has 0 aliphatic rings. The van der Waals surface area contributed by atoms with Gasteiger partial charge in [0.15, 0.2) is 0 Å². The normalized spacial score (nSPS) is 10.2. The minimum atomic E-state index is -0.262. The standard InChI is InChI=1S/C8H13N3O2/c1-2-13-6-5-11-8(12)7(9)3-4-10-11/h3-4H,2,5-6,9H2,1H3. The van der Waals surface area contributed by atoms with Crippen molar-refractivity contribution < 1.29 is 4.74 Å². The molecule has 0 radical (unpaired) electrons. The Bertz CT molecular complexity index is 321. The van der Waals surface area contributed by atoms with Gasteiger partial charge in [-0.1, -0.05) is 0 Å². The van der Waals surface area contributed by atoms with E-state index in [4.69, 9.17) is 10.5 Å². The molecule has 13 heavy (non-hydrogen) atoms. The van der Waals surface area contributed by atoms with Crippen molar-refractivity contribution in [1.29, 1.82) is 0 Å². The van der Waals surface area contributed by atoms with Gasteiger partial charge in [-0.05, 0) is 13.0 Å². The minimum absolute atomic E-state index is 0.214. The molecule has 2 N–H and O–H groups in total. The van der Waals surface area contributed by atoms with Gasteiger partial charge in [-0.2, -0.15) is 5.10 Å². The molecule has 0 saturated carbocycles. The van der Waals surface area contributed by atoms with Crippen LogP contribution in [-0.4, -0.2) is 23.0 Å². The lowest BCUT2D eigenvalue weighted by Gasteiger charge is -2.04. The Morgan fingerprint density at radius 2 is 2.46 bits per heavy atom. The fourth-order valence-corrected chi connectivity index (χ4v) is 0.921. The summed E-state index contributed by atoms with van der Waals surface area (Å²) in [7, 11) is 0. The van der Waals surface area contributed by atoms with E-state index in [1.165, 1.54) is 16.9 Å². The van der Waals surface area contributed by atoms with Crippen LogP contribution in [0.5, 0.6) is 0 Å². The SMILES string of the molecule is CCOCCn1nccc(N)c1=O. The molecule has 1 aromatic heterocycles. The zero-order valence-corrected chi connectivity index (χ0v) is 7.56. The molecular weight excluding hydrogens is 170 g/mol. The van der Waals surface area contributed by atoms with Gasteiger partial charge in [0, 0.05) is 12.8 Å². The molecule has 72 valence electrons. The highest BCUT2D eigenvalue weighted by atomic mass is 16.5. The van der Waals surface area contributed by atoms with Gasteiger partial charge in [0.2, 0.25) is 0 Å². The van der Waals surface area contributed by atoms with Crippen LogP contribution in [0, 0.1) is 0 Å². The molecule has 0 aliphatic carbocycles. The molecule has 0 unspecified atom stereocenters. The molecule has 0 fully saturated rings. The predicted molar refractivity (Wildman–Crippen MR) is 49.4 cm³/mol. The van der Waals surface area contributed by atoms with E-state index < -0.39 is 0 Å². The Hall–Kier alpha value is -1.36. The third-order valence-electron chi connectivity index (χ3n) is 1.59. The minimum Gasteiger partial charge on any atom is -0.394 e. The molecule has 5 nitrogen and oxygen atoms in total. The zero-order valence-electron chi connectivity index (χ0n) is 7.56. The van der Waals surface area contributed by atoms with E-state index in [0.717, 1.165) is 0 Å². The molecule has 0 aromatic carbocycles. The molecule has 0 saturated heterocycles. The smallest absolute Gasteiger partial charge is 0.289 e. The molecule has 0 spiro atoms. The number of ether oxygens (including phenoxy) is 1. The second-order valence-electron chi connectivity index (χ2n) is 2.51. The summed E-state index contributed by atoms with van der Waals surface area (Å²) < 4.78 is 6.39. The molecule has 0 atom stereocenters. The van der Waals surface area contributed by atoms with Crippen molar-refractivity contribution in [3.8, 4) is 0 Å². The Balaban J connectivity index is 2.67. The third kappa shape index (κ3) is 2.55. The van der Waals surface area contributed by atoms with Crippen LogP contribution < -0.4 is 11.3 Å². The number of aromatic nitrogens is 2. The van der Waals surface area contributed by atoms with Crippen molar-refractivity contribution in [3.05, 3.63) is 22.6 Å². The summed E-state index contributed by atoms with van der Waals surface area (Å²) in [6.07, 6.45) is 1.50. The number of nitrogens with zero attached hydrogens (tertiary/aromatic N) is 2. The summed E-state index contributed by atoms with van der Waals surface area (Å²) in [5.41, 5.74) is 5.36. The summed E-state index contributed by atoms with van der Waals surface area (Å²) in [5, 5.41) is 3.86. The van der Waals surface area contributed by atoms with Gasteiger partial charge in [-0.15, -0.1) is 0 Å². The average Bonchev–Trinajstić information content (AvgIpc) is 2.13. The van der Waals surface area contributed by atoms with Gasteiger partial charge >= 0.3 is 0 Å². The van der Waals surface area contributed by atoms with Crippen molar-refractivity contribution in [2.75, 3.05) is 18.9 Å². The van der Waals surface area contributed by atoms with E-state index in [1.807, 2.05) is 6.92 Å². The highest BCUT2D eigenvalue weighted by molar-refractivity contribution is 5.31. The van der Waals surface area contributed by atoms with E-state index in [-0.39, 0.29) is 11.2 Å². The lowest BCUT2D eigenvalue weighted by Crippen LogP contribution is -2.26. The van der Waals surface area contributed by atoms with Gasteiger partial charge in [-0.25, -0.2) is 4.68 Å². The molecule has 5 heteroatoms. The van der Waals surface area contributed by atoms with Gasteiger partial charge in [0.25, 0.3) is 5.56 Å². The van der Waals surface area contributed by atoms with Gasteiger partial charge in [0.1, 0.15) is 5.69 Å². The van der Waals surface area contributed by atoms with E-state index in [9.17, 15) is 4.79 Å². The van der Waals surface area contributed by atoms with Crippen LogP contribution in [0.15, 0.2) is 17.1 Å². The Morgan fingerprint density at radius 1 is 1.69 bits per heavy atom. The van der Waals surface area contributed by atoms with Crippen molar-refractivity contribution in [2.24, 2.45) is 0 Å². The Kier molecular flexibility index (Phi) is 3.45. The maximum Gasteiger partial charge on any atom is 0.289 e. The van der Waals surface area contributed by atoms with Gasteiger partial charge < -0.3 is 10.5 Å². The fraction of sp³-hybridized carbons (Fsp3) is 0.500. The first-order valence-corrected chi connectivity index (χ1v) is 4.15. The summed E-state index contributed by atoms with van der Waals surface area (Å²) in [4.78, 5) is 11.3. The van der Waals surface area contributed by atoms with Crippen LogP contribution in [-0.2, 0) is 11.3 Å². The highest BCUT2D eigenvalue weighted by Gasteiger charge is 1.99. The van der Waals surface area contributed by atoms with E-state index >= 15 is 0 Å². The number of rotatable bonds is 4. The number of hydrogen-bond acceptors (Lipinski definition) is 4. The van der Waals surface area contributed by atoms with E-state index in [2.05, 4.69) is 5.10 Å². The second kappa shape index (κ2) is 4.61. The molecule has 1 heterocycles. The molecule has 0 amide bonds. The molecule has 0 aliphatic heterocycles. The maximum atomic E-state index is 11.3. The quantitative estimate of drug-likeness (QED) is 0.660. The van der Waals surface area contributed by atoms with Crippen LogP contribution in [0.25, 0.3) is 0 Å². The maximum absolute atomic E-state index is 11.3. The Morgan fingerprint density at radius 3 is 3.15 bits per heavy atom. The van der Waals surface area contributed by atoms with Crippen molar-refractivity contribution >= 4 is 5.69 Å². The summed E-state index contributed by atoms with van der Waals surface area (Å²) in [5.74, 6) is 0. The van der Waals surface area contributed by atoms with E-state index in [1.54, 1.807) is 0 Å². The zero-order chi connectivity index (χ0) is 9.68. The fourth-order valence-electron chi connectivity index (χ4n) is 0.921. The van der Waals surface area contributed by atoms with Gasteiger partial charge in [0.05, 0.1) is 13.2 Å². The third-order valence-corrected chi connectivity index (χ3v) is 1.59. The van der Waals surface area contributed by atoms with Gasteiger partial charge in [-0.3, -0.25) is 4.79 Å². The lowest BCUT2D eigenvalue weighted by atomic mass is 10.5. The highest BCUT2D eigenvalue weighted by Crippen LogP contribution is 1.88. The monoisotopic (exact) mass is 183 g/mol. The molecule has 1 aromatic rings. The Labute approximate surface area is 76.1 Å². The largest absolute Gasteiger partial charge is 0.394 e. The van der Waals surface area contributed by atoms with Crippen LogP contribution in [0.4, 0.5) is 5.69 Å². The number of anilines is 1. The lowest BCUT2D eigenvalue weighted by molar-refractivity contribution is 0.135. The predicted octanol–water partition coefficient (Wildman–Crippen LogP) is -0.138. The average molecular weight is 183 g/mol. The van der Waals surface area contributed by atoms with Crippen LogP contribution in [0.1, 0.15) is 6.92 Å². The first kappa shape index (κ1) is 9.73. The first-order valence-electron chi connectivity index (χ1n) is 4.15.